The lowest BCUT2D eigenvalue weighted by Gasteiger charge is -2.06. The fraction of sp³-hybridized carbons (Fsp3) is 0.500. The molecular weight excluding hydrogens is 234 g/mol. The summed E-state index contributed by atoms with van der Waals surface area (Å²) in [5.41, 5.74) is 0.500. The van der Waals surface area contributed by atoms with Crippen LogP contribution in [0, 0.1) is 11.8 Å². The molecule has 0 bridgehead atoms. The molecule has 96 valence electrons. The smallest absolute Gasteiger partial charge is 0.307 e. The first kappa shape index (κ1) is 12.5. The van der Waals surface area contributed by atoms with Crippen LogP contribution in [0.3, 0.4) is 0 Å². The summed E-state index contributed by atoms with van der Waals surface area (Å²) in [5, 5.41) is 11.4. The van der Waals surface area contributed by atoms with E-state index in [1.54, 1.807) is 12.4 Å². The molecule has 1 saturated carbocycles. The number of carboxylic acid groups (broad SMARTS) is 1. The van der Waals surface area contributed by atoms with Gasteiger partial charge in [-0.1, -0.05) is 13.8 Å². The molecule has 0 unspecified atom stereocenters. The average molecular weight is 249 g/mol. The molecule has 0 aliphatic heterocycles. The predicted octanol–water partition coefficient (Wildman–Crippen LogP) is 1.26. The van der Waals surface area contributed by atoms with Gasteiger partial charge in [0.25, 0.3) is 0 Å². The Hall–Kier alpha value is -1.98. The number of nitrogens with zero attached hydrogens (tertiary/aromatic N) is 2. The molecule has 0 spiro atoms. The van der Waals surface area contributed by atoms with Crippen molar-refractivity contribution in [1.82, 2.24) is 9.97 Å². The van der Waals surface area contributed by atoms with Gasteiger partial charge in [-0.25, -0.2) is 9.97 Å². The first-order valence-corrected chi connectivity index (χ1v) is 5.84. The molecule has 0 saturated heterocycles. The van der Waals surface area contributed by atoms with Gasteiger partial charge < -0.3 is 10.4 Å². The summed E-state index contributed by atoms with van der Waals surface area (Å²) in [4.78, 5) is 30.6. The number of rotatable bonds is 4. The van der Waals surface area contributed by atoms with Gasteiger partial charge in [-0.3, -0.25) is 9.59 Å². The van der Waals surface area contributed by atoms with Crippen LogP contribution in [0.25, 0.3) is 0 Å². The van der Waals surface area contributed by atoms with Crippen molar-refractivity contribution < 1.29 is 14.7 Å². The third kappa shape index (κ3) is 2.64. The monoisotopic (exact) mass is 249 g/mol. The van der Waals surface area contributed by atoms with E-state index in [1.165, 1.54) is 0 Å². The van der Waals surface area contributed by atoms with E-state index in [0.717, 1.165) is 0 Å². The second kappa shape index (κ2) is 4.72. The van der Waals surface area contributed by atoms with Gasteiger partial charge in [0.1, 0.15) is 5.82 Å². The van der Waals surface area contributed by atoms with Crippen molar-refractivity contribution in [3.63, 3.8) is 0 Å². The number of amides is 1. The van der Waals surface area contributed by atoms with Crippen molar-refractivity contribution in [3.05, 3.63) is 18.2 Å². The van der Waals surface area contributed by atoms with E-state index in [1.807, 2.05) is 13.8 Å². The highest BCUT2D eigenvalue weighted by molar-refractivity contribution is 5.97. The minimum absolute atomic E-state index is 0.231. The second-order valence-electron chi connectivity index (χ2n) is 4.76. The summed E-state index contributed by atoms with van der Waals surface area (Å²) in [5.74, 6) is -1.21. The lowest BCUT2D eigenvalue weighted by Crippen LogP contribution is -2.17. The molecule has 1 aliphatic rings. The summed E-state index contributed by atoms with van der Waals surface area (Å²) in [6, 6.07) is 0. The average Bonchev–Trinajstić information content (AvgIpc) is 3.09. The Morgan fingerprint density at radius 1 is 1.33 bits per heavy atom. The molecule has 1 aliphatic carbocycles. The number of carbonyl (C=O) groups is 2. The largest absolute Gasteiger partial charge is 0.481 e. The maximum Gasteiger partial charge on any atom is 0.307 e. The van der Waals surface area contributed by atoms with Gasteiger partial charge in [-0.15, -0.1) is 0 Å². The molecule has 1 aromatic heterocycles. The van der Waals surface area contributed by atoms with Crippen LogP contribution < -0.4 is 5.32 Å². The van der Waals surface area contributed by atoms with Crippen LogP contribution in [-0.4, -0.2) is 27.0 Å². The van der Waals surface area contributed by atoms with Gasteiger partial charge in [0.2, 0.25) is 5.91 Å². The molecule has 0 aromatic carbocycles. The highest BCUT2D eigenvalue weighted by Crippen LogP contribution is 2.39. The van der Waals surface area contributed by atoms with E-state index in [4.69, 9.17) is 5.11 Å². The third-order valence-corrected chi connectivity index (χ3v) is 2.90. The van der Waals surface area contributed by atoms with E-state index in [0.29, 0.717) is 17.9 Å². The number of aliphatic carboxylic acids is 1. The first-order chi connectivity index (χ1) is 8.49. The molecule has 6 nitrogen and oxygen atoms in total. The zero-order chi connectivity index (χ0) is 13.3. The van der Waals surface area contributed by atoms with Crippen molar-refractivity contribution in [2.75, 3.05) is 5.32 Å². The molecule has 1 aromatic rings. The normalized spacial score (nSPS) is 21.7. The molecule has 1 fully saturated rings. The molecule has 2 atom stereocenters. The van der Waals surface area contributed by atoms with Crippen molar-refractivity contribution in [1.29, 1.82) is 0 Å². The Kier molecular flexibility index (Phi) is 3.27. The lowest BCUT2D eigenvalue weighted by molar-refractivity contribution is -0.139. The van der Waals surface area contributed by atoms with Crippen LogP contribution in [0.4, 0.5) is 5.69 Å². The lowest BCUT2D eigenvalue weighted by atomic mass is 10.2. The molecule has 1 heterocycles. The minimum atomic E-state index is -0.915. The van der Waals surface area contributed by atoms with Crippen LogP contribution in [-0.2, 0) is 9.59 Å². The van der Waals surface area contributed by atoms with Crippen molar-refractivity contribution in [2.45, 2.75) is 26.2 Å². The molecule has 2 N–H and O–H groups in total. The number of nitrogens with one attached hydrogen (secondary N) is 1. The second-order valence-corrected chi connectivity index (χ2v) is 4.76. The number of anilines is 1. The summed E-state index contributed by atoms with van der Waals surface area (Å²) in [7, 11) is 0. The number of carbonyl (C=O) groups excluding carboxylic acids is 1. The van der Waals surface area contributed by atoms with E-state index in [9.17, 15) is 9.59 Å². The maximum atomic E-state index is 11.7. The topological polar surface area (TPSA) is 92.2 Å². The van der Waals surface area contributed by atoms with Crippen LogP contribution in [0.1, 0.15) is 32.0 Å². The van der Waals surface area contributed by atoms with Gasteiger partial charge >= 0.3 is 5.97 Å². The summed E-state index contributed by atoms with van der Waals surface area (Å²) in [6.45, 7) is 3.96. The SMILES string of the molecule is CC(C)c1ncc(NC(=O)[C@H]2C[C@H]2C(=O)O)cn1. The van der Waals surface area contributed by atoms with Gasteiger partial charge in [0, 0.05) is 5.92 Å². The van der Waals surface area contributed by atoms with E-state index >= 15 is 0 Å². The number of carboxylic acids is 1. The summed E-state index contributed by atoms with van der Waals surface area (Å²) >= 11 is 0. The number of hydrogen-bond donors (Lipinski definition) is 2. The molecule has 6 heteroatoms. The van der Waals surface area contributed by atoms with Crippen LogP contribution >= 0.6 is 0 Å². The molecule has 18 heavy (non-hydrogen) atoms. The van der Waals surface area contributed by atoms with Crippen LogP contribution in [0.2, 0.25) is 0 Å². The summed E-state index contributed by atoms with van der Waals surface area (Å²) < 4.78 is 0. The standard InChI is InChI=1S/C12H15N3O3/c1-6(2)10-13-4-7(5-14-10)15-11(16)8-3-9(8)12(17)18/h4-6,8-9H,3H2,1-2H3,(H,15,16)(H,17,18)/t8-,9+/m0/s1. The van der Waals surface area contributed by atoms with Crippen LogP contribution in [0.15, 0.2) is 12.4 Å². The predicted molar refractivity (Wildman–Crippen MR) is 64.0 cm³/mol. The van der Waals surface area contributed by atoms with Gasteiger partial charge in [-0.2, -0.15) is 0 Å². The third-order valence-electron chi connectivity index (χ3n) is 2.90. The Morgan fingerprint density at radius 2 is 1.94 bits per heavy atom. The fourth-order valence-electron chi connectivity index (χ4n) is 1.69. The van der Waals surface area contributed by atoms with Gasteiger partial charge in [0.15, 0.2) is 0 Å². The van der Waals surface area contributed by atoms with E-state index < -0.39 is 17.8 Å². The Balaban J connectivity index is 1.94. The summed E-state index contributed by atoms with van der Waals surface area (Å²) in [6.07, 6.45) is 3.49. The highest BCUT2D eigenvalue weighted by Gasteiger charge is 2.48. The van der Waals surface area contributed by atoms with Crippen molar-refractivity contribution >= 4 is 17.6 Å². The minimum Gasteiger partial charge on any atom is -0.481 e. The zero-order valence-electron chi connectivity index (χ0n) is 10.3. The molecular formula is C12H15N3O3. The van der Waals surface area contributed by atoms with E-state index in [-0.39, 0.29) is 11.8 Å². The van der Waals surface area contributed by atoms with Crippen molar-refractivity contribution in [2.24, 2.45) is 11.8 Å². The number of hydrogen-bond acceptors (Lipinski definition) is 4. The fourth-order valence-corrected chi connectivity index (χ4v) is 1.69. The van der Waals surface area contributed by atoms with Gasteiger partial charge in [0.05, 0.1) is 29.9 Å². The molecule has 0 radical (unpaired) electrons. The zero-order valence-corrected chi connectivity index (χ0v) is 10.3. The Labute approximate surface area is 104 Å². The first-order valence-electron chi connectivity index (χ1n) is 5.84. The van der Waals surface area contributed by atoms with Gasteiger partial charge in [-0.05, 0) is 6.42 Å². The Bertz CT molecular complexity index is 470. The molecule has 2 rings (SSSR count). The number of aromatic nitrogens is 2. The Morgan fingerprint density at radius 3 is 2.39 bits per heavy atom. The quantitative estimate of drug-likeness (QED) is 0.838. The van der Waals surface area contributed by atoms with E-state index in [2.05, 4.69) is 15.3 Å². The maximum absolute atomic E-state index is 11.7. The highest BCUT2D eigenvalue weighted by atomic mass is 16.4. The van der Waals surface area contributed by atoms with Crippen molar-refractivity contribution in [3.8, 4) is 0 Å². The molecule has 1 amide bonds. The van der Waals surface area contributed by atoms with Crippen LogP contribution in [0.5, 0.6) is 0 Å².